The van der Waals surface area contributed by atoms with Crippen molar-refractivity contribution >= 4 is 0 Å². The summed E-state index contributed by atoms with van der Waals surface area (Å²) < 4.78 is 4.81. The van der Waals surface area contributed by atoms with Crippen LogP contribution in [0.3, 0.4) is 0 Å². The predicted molar refractivity (Wildman–Crippen MR) is 34.8 cm³/mol. The van der Waals surface area contributed by atoms with E-state index in [-0.39, 0.29) is 13.2 Å². The van der Waals surface area contributed by atoms with E-state index >= 15 is 0 Å². The molecule has 1 heterocycles. The minimum atomic E-state index is -1.22. The van der Waals surface area contributed by atoms with Crippen LogP contribution in [0.1, 0.15) is 0 Å². The Labute approximate surface area is 63.8 Å². The van der Waals surface area contributed by atoms with Crippen molar-refractivity contribution < 1.29 is 25.2 Å². The summed E-state index contributed by atoms with van der Waals surface area (Å²) in [5.41, 5.74) is 0. The highest BCUT2D eigenvalue weighted by Crippen LogP contribution is 2.14. The Balaban J connectivity index is 2.52. The van der Waals surface area contributed by atoms with E-state index in [2.05, 4.69) is 0 Å². The van der Waals surface area contributed by atoms with Crippen molar-refractivity contribution in [2.75, 3.05) is 13.2 Å². The highest BCUT2D eigenvalue weighted by molar-refractivity contribution is 4.85. The molecule has 0 unspecified atom stereocenters. The van der Waals surface area contributed by atoms with Gasteiger partial charge in [0.15, 0.2) is 0 Å². The van der Waals surface area contributed by atoms with Crippen LogP contribution in [-0.4, -0.2) is 58.1 Å². The van der Waals surface area contributed by atoms with Gasteiger partial charge in [0.2, 0.25) is 0 Å². The van der Waals surface area contributed by atoms with Gasteiger partial charge in [0, 0.05) is 0 Å². The zero-order chi connectivity index (χ0) is 8.43. The lowest BCUT2D eigenvalue weighted by Crippen LogP contribution is -2.53. The molecule has 4 N–H and O–H groups in total. The van der Waals surface area contributed by atoms with Crippen LogP contribution in [0.4, 0.5) is 0 Å². The third kappa shape index (κ3) is 1.69. The molecule has 0 aromatic heterocycles. The predicted octanol–water partition coefficient (Wildman–Crippen LogP) is -2.54. The molecular formula is C6H12O5. The maximum atomic E-state index is 9.11. The van der Waals surface area contributed by atoms with E-state index in [1.807, 2.05) is 0 Å². The maximum absolute atomic E-state index is 9.11. The van der Waals surface area contributed by atoms with E-state index < -0.39 is 24.4 Å². The molecular weight excluding hydrogens is 152 g/mol. The molecule has 1 saturated heterocycles. The van der Waals surface area contributed by atoms with E-state index in [1.54, 1.807) is 0 Å². The molecule has 11 heavy (non-hydrogen) atoms. The van der Waals surface area contributed by atoms with E-state index in [1.165, 1.54) is 0 Å². The summed E-state index contributed by atoms with van der Waals surface area (Å²) in [5.74, 6) is 0. The van der Waals surface area contributed by atoms with Crippen molar-refractivity contribution in [2.24, 2.45) is 0 Å². The molecule has 1 fully saturated rings. The maximum Gasteiger partial charge on any atom is 0.111 e. The number of hydrogen-bond acceptors (Lipinski definition) is 5. The summed E-state index contributed by atoms with van der Waals surface area (Å²) in [4.78, 5) is 0. The van der Waals surface area contributed by atoms with Crippen LogP contribution in [0, 0.1) is 0 Å². The van der Waals surface area contributed by atoms with E-state index in [0.29, 0.717) is 0 Å². The third-order valence-electron chi connectivity index (χ3n) is 1.79. The fourth-order valence-electron chi connectivity index (χ4n) is 1.03. The van der Waals surface area contributed by atoms with Crippen molar-refractivity contribution in [3.05, 3.63) is 0 Å². The standard InChI is InChI=1S/C6H12O5/c7-1-4-6(10)5(9)3(8)2-11-4/h3-10H,1-2H2/t3-,4-,5+,6-/m1/s1. The second-order valence-corrected chi connectivity index (χ2v) is 2.60. The Morgan fingerprint density at radius 1 is 1.18 bits per heavy atom. The summed E-state index contributed by atoms with van der Waals surface area (Å²) in [6.07, 6.45) is -4.27. The van der Waals surface area contributed by atoms with Gasteiger partial charge in [-0.15, -0.1) is 0 Å². The molecule has 1 aliphatic heterocycles. The molecule has 0 aromatic carbocycles. The monoisotopic (exact) mass is 164 g/mol. The van der Waals surface area contributed by atoms with Crippen molar-refractivity contribution in [3.63, 3.8) is 0 Å². The van der Waals surface area contributed by atoms with Crippen molar-refractivity contribution in [2.45, 2.75) is 24.4 Å². The smallest absolute Gasteiger partial charge is 0.111 e. The first-order valence-corrected chi connectivity index (χ1v) is 3.43. The number of aliphatic hydroxyl groups is 4. The fraction of sp³-hybridized carbons (Fsp3) is 1.00. The van der Waals surface area contributed by atoms with E-state index in [4.69, 9.17) is 25.2 Å². The number of rotatable bonds is 1. The van der Waals surface area contributed by atoms with Crippen LogP contribution >= 0.6 is 0 Å². The van der Waals surface area contributed by atoms with Crippen LogP contribution < -0.4 is 0 Å². The molecule has 0 radical (unpaired) electrons. The summed E-state index contributed by atoms with van der Waals surface area (Å²) in [6.45, 7) is -0.408. The topological polar surface area (TPSA) is 90.2 Å². The molecule has 0 spiro atoms. The van der Waals surface area contributed by atoms with E-state index in [0.717, 1.165) is 0 Å². The van der Waals surface area contributed by atoms with Gasteiger partial charge in [0.25, 0.3) is 0 Å². The Morgan fingerprint density at radius 3 is 2.36 bits per heavy atom. The van der Waals surface area contributed by atoms with E-state index in [9.17, 15) is 0 Å². The van der Waals surface area contributed by atoms with Crippen LogP contribution in [0.2, 0.25) is 0 Å². The molecule has 0 bridgehead atoms. The van der Waals surface area contributed by atoms with Gasteiger partial charge in [-0.1, -0.05) is 0 Å². The van der Waals surface area contributed by atoms with Gasteiger partial charge in [0.05, 0.1) is 13.2 Å². The average Bonchev–Trinajstić information content (AvgIpc) is 2.01. The number of hydrogen-bond donors (Lipinski definition) is 4. The first-order chi connectivity index (χ1) is 5.16. The van der Waals surface area contributed by atoms with Crippen LogP contribution in [0.25, 0.3) is 0 Å². The average molecular weight is 164 g/mol. The SMILES string of the molecule is OC[C@H]1OC[C@@H](O)[C@H](O)[C@@H]1O. The Morgan fingerprint density at radius 2 is 1.82 bits per heavy atom. The van der Waals surface area contributed by atoms with Gasteiger partial charge >= 0.3 is 0 Å². The number of aliphatic hydroxyl groups excluding tert-OH is 4. The van der Waals surface area contributed by atoms with Crippen LogP contribution in [-0.2, 0) is 4.74 Å². The molecule has 5 heteroatoms. The first kappa shape index (κ1) is 8.89. The Bertz CT molecular complexity index is 126. The molecule has 0 aliphatic carbocycles. The molecule has 1 aliphatic rings. The van der Waals surface area contributed by atoms with Gasteiger partial charge in [-0.2, -0.15) is 0 Å². The van der Waals surface area contributed by atoms with Crippen LogP contribution in [0.15, 0.2) is 0 Å². The minimum absolute atomic E-state index is 0.0521. The molecule has 0 saturated carbocycles. The molecule has 66 valence electrons. The van der Waals surface area contributed by atoms with Gasteiger partial charge in [-0.3, -0.25) is 0 Å². The Hall–Kier alpha value is -0.200. The third-order valence-corrected chi connectivity index (χ3v) is 1.79. The molecule has 1 rings (SSSR count). The molecule has 4 atom stereocenters. The second kappa shape index (κ2) is 3.46. The van der Waals surface area contributed by atoms with Gasteiger partial charge in [-0.05, 0) is 0 Å². The summed E-state index contributed by atoms with van der Waals surface area (Å²) in [6, 6.07) is 0. The minimum Gasteiger partial charge on any atom is -0.394 e. The zero-order valence-corrected chi connectivity index (χ0v) is 5.92. The van der Waals surface area contributed by atoms with Crippen LogP contribution in [0.5, 0.6) is 0 Å². The molecule has 0 amide bonds. The summed E-state index contributed by atoms with van der Waals surface area (Å²) >= 11 is 0. The normalized spacial score (nSPS) is 45.8. The number of ether oxygens (including phenoxy) is 1. The fourth-order valence-corrected chi connectivity index (χ4v) is 1.03. The summed E-state index contributed by atoms with van der Waals surface area (Å²) in [5, 5.41) is 35.7. The second-order valence-electron chi connectivity index (χ2n) is 2.60. The van der Waals surface area contributed by atoms with Gasteiger partial charge in [-0.25, -0.2) is 0 Å². The summed E-state index contributed by atoms with van der Waals surface area (Å²) in [7, 11) is 0. The van der Waals surface area contributed by atoms with Crippen molar-refractivity contribution in [1.29, 1.82) is 0 Å². The van der Waals surface area contributed by atoms with Gasteiger partial charge < -0.3 is 25.2 Å². The lowest BCUT2D eigenvalue weighted by atomic mass is 10.0. The largest absolute Gasteiger partial charge is 0.394 e. The highest BCUT2D eigenvalue weighted by Gasteiger charge is 2.36. The Kier molecular flexibility index (Phi) is 2.80. The highest BCUT2D eigenvalue weighted by atomic mass is 16.5. The van der Waals surface area contributed by atoms with Gasteiger partial charge in [0.1, 0.15) is 24.4 Å². The lowest BCUT2D eigenvalue weighted by Gasteiger charge is -2.34. The first-order valence-electron chi connectivity index (χ1n) is 3.43. The quantitative estimate of drug-likeness (QED) is 0.343. The zero-order valence-electron chi connectivity index (χ0n) is 5.92. The lowest BCUT2D eigenvalue weighted by molar-refractivity contribution is -0.195. The van der Waals surface area contributed by atoms with Crippen molar-refractivity contribution in [3.8, 4) is 0 Å². The van der Waals surface area contributed by atoms with Crippen molar-refractivity contribution in [1.82, 2.24) is 0 Å². The molecule has 0 aromatic rings. The molecule has 5 nitrogen and oxygen atoms in total.